The molecule has 0 spiro atoms. The number of nitrogens with one attached hydrogen (secondary N) is 1. The summed E-state index contributed by atoms with van der Waals surface area (Å²) in [5.74, 6) is 0.436. The molecule has 2 rings (SSSR count). The van der Waals surface area contributed by atoms with Crippen LogP contribution in [0.15, 0.2) is 28.8 Å². The molecule has 0 bridgehead atoms. The van der Waals surface area contributed by atoms with Crippen LogP contribution in [0.2, 0.25) is 0 Å². The van der Waals surface area contributed by atoms with Crippen molar-refractivity contribution in [1.82, 2.24) is 10.5 Å². The summed E-state index contributed by atoms with van der Waals surface area (Å²) in [6.45, 7) is 5.76. The van der Waals surface area contributed by atoms with Gasteiger partial charge in [-0.15, -0.1) is 0 Å². The Labute approximate surface area is 117 Å². The Balaban J connectivity index is 1.89. The van der Waals surface area contributed by atoms with E-state index in [1.54, 1.807) is 12.1 Å². The number of ether oxygens (including phenoxy) is 1. The van der Waals surface area contributed by atoms with Crippen molar-refractivity contribution in [2.45, 2.75) is 33.4 Å². The Bertz CT molecular complexity index is 555. The molecule has 0 unspecified atom stereocenters. The van der Waals surface area contributed by atoms with Crippen molar-refractivity contribution in [3.63, 3.8) is 0 Å². The van der Waals surface area contributed by atoms with Gasteiger partial charge in [-0.25, -0.2) is 4.39 Å². The van der Waals surface area contributed by atoms with Gasteiger partial charge in [0.15, 0.2) is 17.3 Å². The van der Waals surface area contributed by atoms with Crippen molar-refractivity contribution in [3.8, 4) is 5.75 Å². The van der Waals surface area contributed by atoms with Gasteiger partial charge >= 0.3 is 0 Å². The van der Waals surface area contributed by atoms with Gasteiger partial charge in [-0.2, -0.15) is 0 Å². The Morgan fingerprint density at radius 2 is 2.20 bits per heavy atom. The first-order valence-electron chi connectivity index (χ1n) is 6.73. The van der Waals surface area contributed by atoms with E-state index >= 15 is 0 Å². The summed E-state index contributed by atoms with van der Waals surface area (Å²) in [6.07, 6.45) is 1.07. The third-order valence-corrected chi connectivity index (χ3v) is 2.80. The fourth-order valence-electron chi connectivity index (χ4n) is 1.77. The molecule has 2 aromatic rings. The molecule has 1 aromatic carbocycles. The predicted molar refractivity (Wildman–Crippen MR) is 74.0 cm³/mol. The fourth-order valence-corrected chi connectivity index (χ4v) is 1.77. The molecular formula is C15H19FN2O2. The topological polar surface area (TPSA) is 47.3 Å². The van der Waals surface area contributed by atoms with E-state index in [0.717, 1.165) is 24.2 Å². The van der Waals surface area contributed by atoms with Gasteiger partial charge in [0.05, 0.1) is 5.69 Å². The highest BCUT2D eigenvalue weighted by Gasteiger charge is 2.07. The first kappa shape index (κ1) is 14.5. The smallest absolute Gasteiger partial charge is 0.174 e. The standard InChI is InChI=1S/C15H19FN2O2/c1-3-6-17-9-12-8-13(20-18-12)10-19-15-7-11(2)4-5-14(15)16/h4-5,7-8,17H,3,6,9-10H2,1-2H3. The molecule has 108 valence electrons. The van der Waals surface area contributed by atoms with E-state index < -0.39 is 0 Å². The summed E-state index contributed by atoms with van der Waals surface area (Å²) in [4.78, 5) is 0. The zero-order valence-electron chi connectivity index (χ0n) is 11.8. The van der Waals surface area contributed by atoms with Gasteiger partial charge in [-0.1, -0.05) is 18.1 Å². The molecular weight excluding hydrogens is 259 g/mol. The highest BCUT2D eigenvalue weighted by molar-refractivity contribution is 5.29. The molecule has 0 radical (unpaired) electrons. The molecule has 0 aliphatic rings. The number of hydrogen-bond acceptors (Lipinski definition) is 4. The van der Waals surface area contributed by atoms with Crippen molar-refractivity contribution < 1.29 is 13.7 Å². The fraction of sp³-hybridized carbons (Fsp3) is 0.400. The monoisotopic (exact) mass is 278 g/mol. The molecule has 0 aliphatic heterocycles. The third-order valence-electron chi connectivity index (χ3n) is 2.80. The maximum absolute atomic E-state index is 13.5. The van der Waals surface area contributed by atoms with Crippen molar-refractivity contribution in [1.29, 1.82) is 0 Å². The second kappa shape index (κ2) is 7.05. The van der Waals surface area contributed by atoms with Crippen LogP contribution in [0.4, 0.5) is 4.39 Å². The third kappa shape index (κ3) is 4.06. The van der Waals surface area contributed by atoms with Crippen molar-refractivity contribution in [3.05, 3.63) is 47.1 Å². The van der Waals surface area contributed by atoms with E-state index in [-0.39, 0.29) is 18.2 Å². The molecule has 0 fully saturated rings. The number of aromatic nitrogens is 1. The first-order chi connectivity index (χ1) is 9.69. The van der Waals surface area contributed by atoms with Crippen LogP contribution >= 0.6 is 0 Å². The summed E-state index contributed by atoms with van der Waals surface area (Å²) in [7, 11) is 0. The summed E-state index contributed by atoms with van der Waals surface area (Å²) < 4.78 is 24.1. The maximum Gasteiger partial charge on any atom is 0.174 e. The van der Waals surface area contributed by atoms with Crippen LogP contribution in [-0.2, 0) is 13.2 Å². The van der Waals surface area contributed by atoms with Gasteiger partial charge < -0.3 is 14.6 Å². The number of rotatable bonds is 7. The minimum Gasteiger partial charge on any atom is -0.482 e. The highest BCUT2D eigenvalue weighted by atomic mass is 19.1. The molecule has 4 nitrogen and oxygen atoms in total. The van der Waals surface area contributed by atoms with Crippen LogP contribution in [0.1, 0.15) is 30.4 Å². The second-order valence-electron chi connectivity index (χ2n) is 4.68. The number of benzene rings is 1. The van der Waals surface area contributed by atoms with E-state index in [4.69, 9.17) is 9.26 Å². The van der Waals surface area contributed by atoms with Crippen LogP contribution in [0, 0.1) is 12.7 Å². The lowest BCUT2D eigenvalue weighted by atomic mass is 10.2. The van der Waals surface area contributed by atoms with Gasteiger partial charge in [0.2, 0.25) is 0 Å². The molecule has 20 heavy (non-hydrogen) atoms. The van der Waals surface area contributed by atoms with Crippen LogP contribution in [0.5, 0.6) is 5.75 Å². The summed E-state index contributed by atoms with van der Waals surface area (Å²) >= 11 is 0. The summed E-state index contributed by atoms with van der Waals surface area (Å²) in [5, 5.41) is 7.16. The molecule has 1 heterocycles. The van der Waals surface area contributed by atoms with Crippen LogP contribution < -0.4 is 10.1 Å². The molecule has 0 saturated heterocycles. The average Bonchev–Trinajstić information content (AvgIpc) is 2.88. The predicted octanol–water partition coefficient (Wildman–Crippen LogP) is 3.20. The zero-order valence-corrected chi connectivity index (χ0v) is 11.8. The molecule has 1 aromatic heterocycles. The van der Waals surface area contributed by atoms with Gasteiger partial charge in [-0.05, 0) is 37.6 Å². The minimum atomic E-state index is -0.375. The lowest BCUT2D eigenvalue weighted by Gasteiger charge is -2.05. The summed E-state index contributed by atoms with van der Waals surface area (Å²) in [5.41, 5.74) is 1.77. The lowest BCUT2D eigenvalue weighted by molar-refractivity contribution is 0.239. The number of aryl methyl sites for hydroxylation is 1. The minimum absolute atomic E-state index is 0.168. The van der Waals surface area contributed by atoms with Crippen LogP contribution in [0.3, 0.4) is 0 Å². The van der Waals surface area contributed by atoms with E-state index in [1.807, 2.05) is 13.0 Å². The first-order valence-corrected chi connectivity index (χ1v) is 6.73. The van der Waals surface area contributed by atoms with Crippen molar-refractivity contribution in [2.24, 2.45) is 0 Å². The highest BCUT2D eigenvalue weighted by Crippen LogP contribution is 2.19. The van der Waals surface area contributed by atoms with E-state index in [2.05, 4.69) is 17.4 Å². The van der Waals surface area contributed by atoms with Gasteiger partial charge in [-0.3, -0.25) is 0 Å². The van der Waals surface area contributed by atoms with E-state index in [1.165, 1.54) is 6.07 Å². The second-order valence-corrected chi connectivity index (χ2v) is 4.68. The molecule has 0 amide bonds. The van der Waals surface area contributed by atoms with Crippen molar-refractivity contribution >= 4 is 0 Å². The van der Waals surface area contributed by atoms with Gasteiger partial charge in [0.25, 0.3) is 0 Å². The quantitative estimate of drug-likeness (QED) is 0.790. The van der Waals surface area contributed by atoms with E-state index in [0.29, 0.717) is 12.3 Å². The molecule has 0 atom stereocenters. The Morgan fingerprint density at radius 3 is 3.00 bits per heavy atom. The largest absolute Gasteiger partial charge is 0.482 e. The Morgan fingerprint density at radius 1 is 1.35 bits per heavy atom. The molecule has 1 N–H and O–H groups in total. The number of hydrogen-bond donors (Lipinski definition) is 1. The number of nitrogens with zero attached hydrogens (tertiary/aromatic N) is 1. The normalized spacial score (nSPS) is 10.8. The Kier molecular flexibility index (Phi) is 5.12. The maximum atomic E-state index is 13.5. The van der Waals surface area contributed by atoms with Crippen LogP contribution in [0.25, 0.3) is 0 Å². The molecule has 0 saturated carbocycles. The van der Waals surface area contributed by atoms with Crippen molar-refractivity contribution in [2.75, 3.05) is 6.54 Å². The summed E-state index contributed by atoms with van der Waals surface area (Å²) in [6, 6.07) is 6.57. The van der Waals surface area contributed by atoms with Gasteiger partial charge in [0, 0.05) is 12.6 Å². The number of halogens is 1. The molecule has 0 aliphatic carbocycles. The molecule has 5 heteroatoms. The lowest BCUT2D eigenvalue weighted by Crippen LogP contribution is -2.13. The van der Waals surface area contributed by atoms with E-state index in [9.17, 15) is 4.39 Å². The average molecular weight is 278 g/mol. The van der Waals surface area contributed by atoms with Crippen LogP contribution in [-0.4, -0.2) is 11.7 Å². The zero-order chi connectivity index (χ0) is 14.4. The Hall–Kier alpha value is -1.88. The van der Waals surface area contributed by atoms with Gasteiger partial charge in [0.1, 0.15) is 6.61 Å². The SMILES string of the molecule is CCCNCc1cc(COc2cc(C)ccc2F)on1.